The molecule has 8 N–H and O–H groups in total. The Morgan fingerprint density at radius 2 is 2.00 bits per heavy atom. The van der Waals surface area contributed by atoms with Crippen molar-refractivity contribution in [2.24, 2.45) is 17.4 Å². The molecule has 3 rings (SSSR count). The fourth-order valence-electron chi connectivity index (χ4n) is 2.89. The molecule has 1 atom stereocenters. The van der Waals surface area contributed by atoms with Crippen LogP contribution in [0.3, 0.4) is 0 Å². The molecule has 0 saturated carbocycles. The largest absolute Gasteiger partial charge is 0.368 e. The standard InChI is InChI=1S/C18H22N8O3/c1-8(2)5-12(14(19)27)23-18-24-16(13(15(20)28)17(29)25-18)22-10-4-3-9-7-21-26-11(9)6-10/h3-4,6-8,12H,5H2,1-2H3,(H2,19,27)(H2,20,28)(H,21,26)(H3,22,23,24,25,29). The normalized spacial score (nSPS) is 12.1. The molecule has 2 aromatic heterocycles. The topological polar surface area (TPSA) is 185 Å². The number of anilines is 3. The van der Waals surface area contributed by atoms with Crippen molar-refractivity contribution in [2.45, 2.75) is 26.3 Å². The number of primary amides is 2. The number of nitrogens with one attached hydrogen (secondary N) is 4. The summed E-state index contributed by atoms with van der Waals surface area (Å²) in [5, 5.41) is 13.4. The van der Waals surface area contributed by atoms with Gasteiger partial charge in [-0.2, -0.15) is 10.1 Å². The van der Waals surface area contributed by atoms with Crippen LogP contribution in [0, 0.1) is 5.92 Å². The summed E-state index contributed by atoms with van der Waals surface area (Å²) in [5.74, 6) is -1.40. The number of rotatable bonds is 8. The highest BCUT2D eigenvalue weighted by Gasteiger charge is 2.21. The third kappa shape index (κ3) is 4.51. The molecule has 11 nitrogen and oxygen atoms in total. The first-order valence-corrected chi connectivity index (χ1v) is 8.94. The maximum atomic E-state index is 12.4. The van der Waals surface area contributed by atoms with Gasteiger partial charge in [-0.1, -0.05) is 13.8 Å². The van der Waals surface area contributed by atoms with E-state index in [0.29, 0.717) is 12.1 Å². The molecule has 0 fully saturated rings. The minimum absolute atomic E-state index is 0.00503. The summed E-state index contributed by atoms with van der Waals surface area (Å²) in [4.78, 5) is 42.6. The van der Waals surface area contributed by atoms with Crippen molar-refractivity contribution in [1.82, 2.24) is 20.2 Å². The number of hydrogen-bond donors (Lipinski definition) is 6. The van der Waals surface area contributed by atoms with E-state index >= 15 is 0 Å². The van der Waals surface area contributed by atoms with Crippen molar-refractivity contribution in [2.75, 3.05) is 10.6 Å². The molecular weight excluding hydrogens is 376 g/mol. The van der Waals surface area contributed by atoms with Gasteiger partial charge in [0.25, 0.3) is 11.5 Å². The van der Waals surface area contributed by atoms with Crippen LogP contribution in [0.1, 0.15) is 30.6 Å². The first kappa shape index (κ1) is 19.9. The smallest absolute Gasteiger partial charge is 0.267 e. The second-order valence-electron chi connectivity index (χ2n) is 7.03. The van der Waals surface area contributed by atoms with Gasteiger partial charge in [0, 0.05) is 11.1 Å². The number of H-pyrrole nitrogens is 2. The van der Waals surface area contributed by atoms with Gasteiger partial charge in [0.1, 0.15) is 11.6 Å². The van der Waals surface area contributed by atoms with Crippen molar-refractivity contribution in [1.29, 1.82) is 0 Å². The molecule has 0 radical (unpaired) electrons. The lowest BCUT2D eigenvalue weighted by atomic mass is 10.0. The van der Waals surface area contributed by atoms with E-state index < -0.39 is 23.4 Å². The fraction of sp³-hybridized carbons (Fsp3) is 0.278. The zero-order valence-electron chi connectivity index (χ0n) is 15.9. The van der Waals surface area contributed by atoms with Crippen molar-refractivity contribution >= 4 is 40.2 Å². The van der Waals surface area contributed by atoms with Crippen molar-refractivity contribution in [3.05, 3.63) is 40.3 Å². The Labute approximate surface area is 165 Å². The van der Waals surface area contributed by atoms with Crippen molar-refractivity contribution < 1.29 is 9.59 Å². The average molecular weight is 398 g/mol. The van der Waals surface area contributed by atoms with Gasteiger partial charge in [0.15, 0.2) is 5.82 Å². The van der Waals surface area contributed by atoms with E-state index in [1.165, 1.54) is 0 Å². The Morgan fingerprint density at radius 1 is 1.24 bits per heavy atom. The maximum absolute atomic E-state index is 12.4. The predicted octanol–water partition coefficient (Wildman–Crippen LogP) is 0.801. The summed E-state index contributed by atoms with van der Waals surface area (Å²) in [6.45, 7) is 3.87. The monoisotopic (exact) mass is 398 g/mol. The number of carbonyl (C=O) groups is 2. The minimum atomic E-state index is -0.941. The molecule has 152 valence electrons. The number of hydrogen-bond acceptors (Lipinski definition) is 7. The van der Waals surface area contributed by atoms with E-state index in [-0.39, 0.29) is 23.2 Å². The summed E-state index contributed by atoms with van der Waals surface area (Å²) in [5.41, 5.74) is 11.0. The van der Waals surface area contributed by atoms with E-state index in [1.807, 2.05) is 19.9 Å². The van der Waals surface area contributed by atoms with Crippen LogP contribution in [-0.2, 0) is 4.79 Å². The molecule has 0 aliphatic heterocycles. The highest BCUT2D eigenvalue weighted by Crippen LogP contribution is 2.22. The average Bonchev–Trinajstić information content (AvgIpc) is 3.07. The van der Waals surface area contributed by atoms with Gasteiger partial charge in [-0.3, -0.25) is 24.5 Å². The van der Waals surface area contributed by atoms with E-state index in [1.54, 1.807) is 18.3 Å². The SMILES string of the molecule is CC(C)CC(Nc1nc(Nc2ccc3cn[nH]c3c2)c(C(N)=O)c(=O)[nH]1)C(N)=O. The Kier molecular flexibility index (Phi) is 5.48. The summed E-state index contributed by atoms with van der Waals surface area (Å²) in [6, 6.07) is 4.55. The number of aromatic amines is 2. The molecule has 0 spiro atoms. The molecule has 0 aliphatic rings. The molecule has 11 heteroatoms. The van der Waals surface area contributed by atoms with Gasteiger partial charge in [0.05, 0.1) is 11.7 Å². The molecule has 1 aromatic carbocycles. The number of carbonyl (C=O) groups excluding carboxylic acids is 2. The van der Waals surface area contributed by atoms with Crippen LogP contribution in [0.4, 0.5) is 17.5 Å². The zero-order valence-corrected chi connectivity index (χ0v) is 15.9. The number of aromatic nitrogens is 4. The second kappa shape index (κ2) is 8.00. The second-order valence-corrected chi connectivity index (χ2v) is 7.03. The van der Waals surface area contributed by atoms with Crippen molar-refractivity contribution in [3.8, 4) is 0 Å². The Balaban J connectivity index is 1.98. The minimum Gasteiger partial charge on any atom is -0.368 e. The zero-order chi connectivity index (χ0) is 21.1. The lowest BCUT2D eigenvalue weighted by Gasteiger charge is -2.18. The van der Waals surface area contributed by atoms with Crippen LogP contribution >= 0.6 is 0 Å². The first-order chi connectivity index (χ1) is 13.7. The molecule has 1 unspecified atom stereocenters. The van der Waals surface area contributed by atoms with Crippen molar-refractivity contribution in [3.63, 3.8) is 0 Å². The summed E-state index contributed by atoms with van der Waals surface area (Å²) < 4.78 is 0. The quantitative estimate of drug-likeness (QED) is 0.324. The summed E-state index contributed by atoms with van der Waals surface area (Å²) in [6.07, 6.45) is 2.11. The van der Waals surface area contributed by atoms with E-state index in [2.05, 4.69) is 30.8 Å². The molecule has 2 heterocycles. The van der Waals surface area contributed by atoms with E-state index in [0.717, 1.165) is 10.9 Å². The Bertz CT molecular complexity index is 1120. The fourth-order valence-corrected chi connectivity index (χ4v) is 2.89. The van der Waals surface area contributed by atoms with Crippen LogP contribution in [0.5, 0.6) is 0 Å². The third-order valence-electron chi connectivity index (χ3n) is 4.23. The van der Waals surface area contributed by atoms with Crippen LogP contribution in [0.2, 0.25) is 0 Å². The number of fused-ring (bicyclic) bond motifs is 1. The lowest BCUT2D eigenvalue weighted by molar-refractivity contribution is -0.119. The molecular formula is C18H22N8O3. The highest BCUT2D eigenvalue weighted by atomic mass is 16.2. The number of amides is 2. The van der Waals surface area contributed by atoms with Gasteiger partial charge in [-0.05, 0) is 30.5 Å². The molecule has 2 amide bonds. The van der Waals surface area contributed by atoms with Crippen LogP contribution < -0.4 is 27.7 Å². The van der Waals surface area contributed by atoms with E-state index in [9.17, 15) is 14.4 Å². The maximum Gasteiger partial charge on any atom is 0.267 e. The molecule has 0 saturated heterocycles. The number of nitrogens with two attached hydrogens (primary N) is 2. The molecule has 29 heavy (non-hydrogen) atoms. The third-order valence-corrected chi connectivity index (χ3v) is 4.23. The van der Waals surface area contributed by atoms with Gasteiger partial charge in [-0.15, -0.1) is 0 Å². The molecule has 0 bridgehead atoms. The lowest BCUT2D eigenvalue weighted by Crippen LogP contribution is -2.38. The van der Waals surface area contributed by atoms with Gasteiger partial charge in [-0.25, -0.2) is 0 Å². The predicted molar refractivity (Wildman–Crippen MR) is 109 cm³/mol. The van der Waals surface area contributed by atoms with Gasteiger partial charge in [0.2, 0.25) is 11.9 Å². The van der Waals surface area contributed by atoms with Crippen LogP contribution in [0.25, 0.3) is 10.9 Å². The first-order valence-electron chi connectivity index (χ1n) is 8.94. The van der Waals surface area contributed by atoms with Crippen LogP contribution in [-0.4, -0.2) is 38.0 Å². The summed E-state index contributed by atoms with van der Waals surface area (Å²) >= 11 is 0. The van der Waals surface area contributed by atoms with E-state index in [4.69, 9.17) is 11.5 Å². The van der Waals surface area contributed by atoms with Gasteiger partial charge < -0.3 is 22.1 Å². The highest BCUT2D eigenvalue weighted by molar-refractivity contribution is 5.98. The number of benzene rings is 1. The van der Waals surface area contributed by atoms with Crippen LogP contribution in [0.15, 0.2) is 29.2 Å². The Hall–Kier alpha value is -3.89. The number of nitrogens with zero attached hydrogens (tertiary/aromatic N) is 2. The Morgan fingerprint density at radius 3 is 2.66 bits per heavy atom. The van der Waals surface area contributed by atoms with Gasteiger partial charge >= 0.3 is 0 Å². The molecule has 3 aromatic rings. The molecule has 0 aliphatic carbocycles. The summed E-state index contributed by atoms with van der Waals surface area (Å²) in [7, 11) is 0.